The van der Waals surface area contributed by atoms with E-state index in [0.29, 0.717) is 17.0 Å². The molecule has 3 rings (SSSR count). The number of amides is 2. The summed E-state index contributed by atoms with van der Waals surface area (Å²) >= 11 is 0. The van der Waals surface area contributed by atoms with E-state index in [4.69, 9.17) is 9.47 Å². The molecule has 0 saturated carbocycles. The van der Waals surface area contributed by atoms with Gasteiger partial charge in [-0.25, -0.2) is 9.59 Å². The quantitative estimate of drug-likeness (QED) is 0.311. The summed E-state index contributed by atoms with van der Waals surface area (Å²) in [5.74, 6) is -3.49. The van der Waals surface area contributed by atoms with Crippen molar-refractivity contribution < 1.29 is 58.6 Å². The lowest BCUT2D eigenvalue weighted by molar-refractivity contribution is -0.202. The maximum atomic E-state index is 15.0. The molecule has 0 radical (unpaired) electrons. The van der Waals surface area contributed by atoms with Crippen LogP contribution in [0.4, 0.5) is 54.8 Å². The molecule has 1 heterocycles. The summed E-state index contributed by atoms with van der Waals surface area (Å²) < 4.78 is 136. The fraction of sp³-hybridized carbons (Fsp3) is 0.500. The maximum Gasteiger partial charge on any atom is 0.416 e. The monoisotopic (exact) mass is 628 g/mol. The Hall–Kier alpha value is -3.65. The lowest BCUT2D eigenvalue weighted by atomic mass is 9.75. The summed E-state index contributed by atoms with van der Waals surface area (Å²) in [6.07, 6.45) is -18.9. The highest BCUT2D eigenvalue weighted by Crippen LogP contribution is 2.53. The smallest absolute Gasteiger partial charge is 0.416 e. The molecule has 15 heteroatoms. The van der Waals surface area contributed by atoms with Gasteiger partial charge in [0.25, 0.3) is 0 Å². The number of ether oxygens (including phenoxy) is 2. The van der Waals surface area contributed by atoms with E-state index < -0.39 is 84.0 Å². The highest BCUT2D eigenvalue weighted by molar-refractivity contribution is 5.91. The largest absolute Gasteiger partial charge is 0.453 e. The number of anilines is 1. The number of benzene rings is 2. The third-order valence-corrected chi connectivity index (χ3v) is 6.86. The van der Waals surface area contributed by atoms with Crippen molar-refractivity contribution in [3.05, 3.63) is 64.7 Å². The summed E-state index contributed by atoms with van der Waals surface area (Å²) in [4.78, 5) is 27.6. The van der Waals surface area contributed by atoms with E-state index >= 15 is 13.2 Å². The molecule has 0 saturated heterocycles. The standard InChI is InChI=1S/C28H29F9N2O4/c1-14(2)22-21(28(35,36)37)23(19-8-6-7-9-20(19)39(22)25(41)43-15(3)4)38(24(40)42-5)13-16-10-17(26(29,30)31)12-18(11-16)27(32,33)34/h6-12,14-15,21-23H,13H2,1-5H3/t21?,22-,23+/m0/s1. The van der Waals surface area contributed by atoms with E-state index in [1.165, 1.54) is 52.0 Å². The number of hydrogen-bond donors (Lipinski definition) is 0. The molecule has 0 aromatic heterocycles. The molecule has 0 N–H and O–H groups in total. The first-order chi connectivity index (χ1) is 19.7. The van der Waals surface area contributed by atoms with Crippen LogP contribution in [0.3, 0.4) is 0 Å². The van der Waals surface area contributed by atoms with Crippen molar-refractivity contribution in [3.8, 4) is 0 Å². The number of carbonyl (C=O) groups is 2. The van der Waals surface area contributed by atoms with Gasteiger partial charge in [-0.1, -0.05) is 32.0 Å². The summed E-state index contributed by atoms with van der Waals surface area (Å²) in [6.45, 7) is 4.66. The molecule has 0 fully saturated rings. The first-order valence-electron chi connectivity index (χ1n) is 13.0. The average Bonchev–Trinajstić information content (AvgIpc) is 2.87. The molecule has 0 bridgehead atoms. The van der Waals surface area contributed by atoms with Crippen molar-refractivity contribution >= 4 is 17.9 Å². The topological polar surface area (TPSA) is 59.1 Å². The van der Waals surface area contributed by atoms with Crippen molar-refractivity contribution in [2.45, 2.75) is 71.0 Å². The summed E-state index contributed by atoms with van der Waals surface area (Å²) in [6, 6.07) is 2.04. The average molecular weight is 629 g/mol. The Morgan fingerprint density at radius 3 is 1.86 bits per heavy atom. The molecule has 6 nitrogen and oxygen atoms in total. The molecular weight excluding hydrogens is 599 g/mol. The highest BCUT2D eigenvalue weighted by atomic mass is 19.4. The van der Waals surface area contributed by atoms with Crippen LogP contribution in [0.15, 0.2) is 42.5 Å². The second-order valence-electron chi connectivity index (χ2n) is 10.6. The van der Waals surface area contributed by atoms with Gasteiger partial charge >= 0.3 is 30.7 Å². The van der Waals surface area contributed by atoms with Crippen LogP contribution in [-0.2, 0) is 28.4 Å². The molecule has 1 aliphatic heterocycles. The van der Waals surface area contributed by atoms with Gasteiger partial charge in [0.1, 0.15) is 5.92 Å². The summed E-state index contributed by atoms with van der Waals surface area (Å²) in [7, 11) is 0.812. The Morgan fingerprint density at radius 1 is 0.884 bits per heavy atom. The van der Waals surface area contributed by atoms with Crippen molar-refractivity contribution in [2.75, 3.05) is 12.0 Å². The number of halogens is 9. The molecule has 0 aliphatic carbocycles. The second-order valence-corrected chi connectivity index (χ2v) is 10.6. The second kappa shape index (κ2) is 12.2. The van der Waals surface area contributed by atoms with Gasteiger partial charge in [-0.2, -0.15) is 39.5 Å². The number of para-hydroxylation sites is 1. The van der Waals surface area contributed by atoms with E-state index in [1.54, 1.807) is 0 Å². The SMILES string of the molecule is COC(=O)N(Cc1cc(C(F)(F)F)cc(C(F)(F)F)c1)[C@@H]1c2ccccc2N(C(=O)OC(C)C)[C@@H](C(C)C)C1C(F)(F)F. The third kappa shape index (κ3) is 7.29. The molecule has 1 unspecified atom stereocenters. The van der Waals surface area contributed by atoms with Crippen LogP contribution in [-0.4, -0.2) is 42.5 Å². The van der Waals surface area contributed by atoms with Gasteiger partial charge in [0.05, 0.1) is 42.1 Å². The molecule has 43 heavy (non-hydrogen) atoms. The third-order valence-electron chi connectivity index (χ3n) is 6.86. The molecule has 3 atom stereocenters. The zero-order chi connectivity index (χ0) is 32.7. The van der Waals surface area contributed by atoms with Crippen LogP contribution in [0.2, 0.25) is 0 Å². The molecule has 238 valence electrons. The van der Waals surface area contributed by atoms with E-state index in [0.717, 1.165) is 12.0 Å². The van der Waals surface area contributed by atoms with E-state index in [1.807, 2.05) is 0 Å². The number of alkyl halides is 9. The fourth-order valence-corrected chi connectivity index (χ4v) is 5.29. The minimum atomic E-state index is -5.24. The predicted octanol–water partition coefficient (Wildman–Crippen LogP) is 8.60. The number of methoxy groups -OCH3 is 1. The zero-order valence-corrected chi connectivity index (χ0v) is 23.6. The van der Waals surface area contributed by atoms with Crippen molar-refractivity contribution in [1.82, 2.24) is 4.90 Å². The number of carbonyl (C=O) groups excluding carboxylic acids is 2. The number of fused-ring (bicyclic) bond motifs is 1. The van der Waals surface area contributed by atoms with Crippen LogP contribution in [0, 0.1) is 11.8 Å². The maximum absolute atomic E-state index is 15.0. The van der Waals surface area contributed by atoms with Gasteiger partial charge in [-0.3, -0.25) is 9.80 Å². The van der Waals surface area contributed by atoms with Crippen molar-refractivity contribution in [2.24, 2.45) is 11.8 Å². The molecule has 2 aromatic rings. The van der Waals surface area contributed by atoms with E-state index in [2.05, 4.69) is 0 Å². The molecule has 1 aliphatic rings. The lowest BCUT2D eigenvalue weighted by Gasteiger charge is -2.50. The number of rotatable bonds is 5. The Labute approximate surface area is 241 Å². The van der Waals surface area contributed by atoms with Crippen LogP contribution in [0.25, 0.3) is 0 Å². The molecule has 0 spiro atoms. The summed E-state index contributed by atoms with van der Waals surface area (Å²) in [5.41, 5.74) is -4.47. The number of hydrogen-bond acceptors (Lipinski definition) is 4. The van der Waals surface area contributed by atoms with Crippen LogP contribution >= 0.6 is 0 Å². The van der Waals surface area contributed by atoms with Gasteiger partial charge in [-0.05, 0) is 55.2 Å². The molecule has 2 aromatic carbocycles. The number of nitrogens with zero attached hydrogens (tertiary/aromatic N) is 2. The van der Waals surface area contributed by atoms with Crippen molar-refractivity contribution in [1.29, 1.82) is 0 Å². The van der Waals surface area contributed by atoms with Crippen LogP contribution in [0.1, 0.15) is 56.0 Å². The Morgan fingerprint density at radius 2 is 1.42 bits per heavy atom. The first kappa shape index (κ1) is 33.8. The fourth-order valence-electron chi connectivity index (χ4n) is 5.29. The van der Waals surface area contributed by atoms with Crippen LogP contribution in [0.5, 0.6) is 0 Å². The Balaban J connectivity index is 2.33. The Kier molecular flexibility index (Phi) is 9.57. The van der Waals surface area contributed by atoms with Gasteiger partial charge in [0.15, 0.2) is 0 Å². The van der Waals surface area contributed by atoms with E-state index in [-0.39, 0.29) is 17.3 Å². The lowest BCUT2D eigenvalue weighted by Crippen LogP contribution is -2.60. The van der Waals surface area contributed by atoms with E-state index in [9.17, 15) is 35.9 Å². The minimum absolute atomic E-state index is 0.0775. The predicted molar refractivity (Wildman–Crippen MR) is 136 cm³/mol. The highest BCUT2D eigenvalue weighted by Gasteiger charge is 2.59. The van der Waals surface area contributed by atoms with Crippen LogP contribution < -0.4 is 4.90 Å². The summed E-state index contributed by atoms with van der Waals surface area (Å²) in [5, 5.41) is 0. The van der Waals surface area contributed by atoms with Gasteiger partial charge in [0.2, 0.25) is 0 Å². The zero-order valence-electron chi connectivity index (χ0n) is 23.6. The van der Waals surface area contributed by atoms with Gasteiger partial charge < -0.3 is 9.47 Å². The molecule has 2 amide bonds. The normalized spacial score (nSPS) is 19.3. The first-order valence-corrected chi connectivity index (χ1v) is 13.0. The van der Waals surface area contributed by atoms with Gasteiger partial charge in [-0.15, -0.1) is 0 Å². The van der Waals surface area contributed by atoms with Crippen molar-refractivity contribution in [3.63, 3.8) is 0 Å². The van der Waals surface area contributed by atoms with Gasteiger partial charge in [0, 0.05) is 6.54 Å². The minimum Gasteiger partial charge on any atom is -0.453 e. The molecular formula is C28H29F9N2O4. The Bertz CT molecular complexity index is 1290.